The largest absolute Gasteiger partial charge is 0.444 e. The summed E-state index contributed by atoms with van der Waals surface area (Å²) in [6.07, 6.45) is 0.434. The molecule has 0 amide bonds. The van der Waals surface area contributed by atoms with E-state index in [2.05, 4.69) is 4.98 Å². The van der Waals surface area contributed by atoms with Gasteiger partial charge < -0.3 is 9.72 Å². The number of rotatable bonds is 2. The summed E-state index contributed by atoms with van der Waals surface area (Å²) in [7, 11) is 0. The van der Waals surface area contributed by atoms with E-state index in [1.54, 1.807) is 6.07 Å². The molecule has 0 bridgehead atoms. The Labute approximate surface area is 168 Å². The van der Waals surface area contributed by atoms with Crippen LogP contribution in [0.15, 0.2) is 66.7 Å². The summed E-state index contributed by atoms with van der Waals surface area (Å²) in [4.78, 5) is 16.2. The van der Waals surface area contributed by atoms with Crippen LogP contribution in [0.3, 0.4) is 0 Å². The van der Waals surface area contributed by atoms with Gasteiger partial charge >= 0.3 is 5.97 Å². The molecule has 1 aliphatic heterocycles. The van der Waals surface area contributed by atoms with Crippen LogP contribution in [-0.4, -0.2) is 11.0 Å². The van der Waals surface area contributed by atoms with E-state index < -0.39 is 11.6 Å². The molecule has 0 saturated carbocycles. The lowest BCUT2D eigenvalue weighted by atomic mass is 9.78. The number of esters is 1. The van der Waals surface area contributed by atoms with Crippen LogP contribution in [0, 0.1) is 19.7 Å². The summed E-state index contributed by atoms with van der Waals surface area (Å²) in [5, 5.41) is 0.722. The fourth-order valence-corrected chi connectivity index (χ4v) is 4.21. The molecular weight excluding hydrogens is 365 g/mol. The minimum Gasteiger partial charge on any atom is -0.444 e. The number of hydrogen-bond donors (Lipinski definition) is 1. The number of aromatic amines is 1. The van der Waals surface area contributed by atoms with E-state index in [0.717, 1.165) is 38.7 Å². The highest BCUT2D eigenvalue weighted by atomic mass is 19.1. The Kier molecular flexibility index (Phi) is 3.85. The summed E-state index contributed by atoms with van der Waals surface area (Å²) < 4.78 is 20.1. The van der Waals surface area contributed by atoms with Gasteiger partial charge in [-0.15, -0.1) is 0 Å². The number of carbonyl (C=O) groups is 1. The third-order valence-corrected chi connectivity index (χ3v) is 5.80. The molecule has 0 fully saturated rings. The summed E-state index contributed by atoms with van der Waals surface area (Å²) in [6.45, 7) is 4.05. The van der Waals surface area contributed by atoms with Crippen LogP contribution in [0.2, 0.25) is 0 Å². The molecule has 4 heteroatoms. The smallest absolute Gasteiger partial charge is 0.356 e. The maximum atomic E-state index is 14.0. The molecule has 0 aliphatic carbocycles. The van der Waals surface area contributed by atoms with Crippen molar-refractivity contribution in [1.82, 2.24) is 4.98 Å². The fourth-order valence-electron chi connectivity index (χ4n) is 4.21. The van der Waals surface area contributed by atoms with E-state index in [4.69, 9.17) is 4.74 Å². The number of nitrogens with one attached hydrogen (secondary N) is 1. The van der Waals surface area contributed by atoms with Crippen molar-refractivity contribution in [2.75, 3.05) is 0 Å². The second kappa shape index (κ2) is 6.31. The number of aromatic nitrogens is 1. The summed E-state index contributed by atoms with van der Waals surface area (Å²) >= 11 is 0. The lowest BCUT2D eigenvalue weighted by Crippen LogP contribution is -2.40. The third-order valence-electron chi connectivity index (χ3n) is 5.80. The van der Waals surface area contributed by atoms with Crippen LogP contribution in [-0.2, 0) is 16.8 Å². The molecule has 0 unspecified atom stereocenters. The van der Waals surface area contributed by atoms with Crippen LogP contribution < -0.4 is 0 Å². The van der Waals surface area contributed by atoms with Gasteiger partial charge in [0, 0.05) is 28.5 Å². The summed E-state index contributed by atoms with van der Waals surface area (Å²) in [6, 6.07) is 20.6. The van der Waals surface area contributed by atoms with Gasteiger partial charge in [0.25, 0.3) is 0 Å². The first kappa shape index (κ1) is 17.7. The molecule has 29 heavy (non-hydrogen) atoms. The number of H-pyrrole nitrogens is 1. The lowest BCUT2D eigenvalue weighted by Gasteiger charge is -2.37. The van der Waals surface area contributed by atoms with Crippen molar-refractivity contribution in [1.29, 1.82) is 0 Å². The van der Waals surface area contributed by atoms with Crippen LogP contribution in [0.4, 0.5) is 4.39 Å². The molecule has 5 rings (SSSR count). The zero-order valence-corrected chi connectivity index (χ0v) is 16.3. The molecule has 0 saturated heterocycles. The van der Waals surface area contributed by atoms with Gasteiger partial charge in [-0.1, -0.05) is 59.7 Å². The molecule has 3 nitrogen and oxygen atoms in total. The molecule has 3 aromatic carbocycles. The average molecular weight is 385 g/mol. The number of ether oxygens (including phenoxy) is 1. The molecular formula is C25H20FNO2. The van der Waals surface area contributed by atoms with Crippen molar-refractivity contribution in [2.24, 2.45) is 0 Å². The Morgan fingerprint density at radius 3 is 2.07 bits per heavy atom. The maximum absolute atomic E-state index is 14.0. The van der Waals surface area contributed by atoms with E-state index in [9.17, 15) is 9.18 Å². The third kappa shape index (κ3) is 2.75. The van der Waals surface area contributed by atoms with E-state index in [0.29, 0.717) is 12.1 Å². The topological polar surface area (TPSA) is 42.1 Å². The number of benzene rings is 3. The van der Waals surface area contributed by atoms with Crippen molar-refractivity contribution in [3.63, 3.8) is 0 Å². The molecule has 1 aliphatic rings. The van der Waals surface area contributed by atoms with Crippen molar-refractivity contribution < 1.29 is 13.9 Å². The predicted molar refractivity (Wildman–Crippen MR) is 111 cm³/mol. The van der Waals surface area contributed by atoms with E-state index in [1.165, 1.54) is 12.1 Å². The zero-order chi connectivity index (χ0) is 20.2. The Morgan fingerprint density at radius 2 is 1.48 bits per heavy atom. The monoisotopic (exact) mass is 385 g/mol. The van der Waals surface area contributed by atoms with Gasteiger partial charge in [0.05, 0.1) is 0 Å². The number of aryl methyl sites for hydroxylation is 2. The highest BCUT2D eigenvalue weighted by molar-refractivity contribution is 6.00. The molecule has 0 spiro atoms. The van der Waals surface area contributed by atoms with Gasteiger partial charge in [-0.2, -0.15) is 0 Å². The van der Waals surface area contributed by atoms with Gasteiger partial charge in [-0.05, 0) is 37.6 Å². The number of carbonyl (C=O) groups excluding carboxylic acids is 1. The molecule has 144 valence electrons. The molecule has 4 aromatic rings. The zero-order valence-electron chi connectivity index (χ0n) is 16.3. The minimum atomic E-state index is -0.965. The summed E-state index contributed by atoms with van der Waals surface area (Å²) in [5.74, 6) is -0.751. The number of hydrogen-bond acceptors (Lipinski definition) is 2. The van der Waals surface area contributed by atoms with Crippen molar-refractivity contribution in [3.8, 4) is 0 Å². The maximum Gasteiger partial charge on any atom is 0.356 e. The molecule has 2 heterocycles. The highest BCUT2D eigenvalue weighted by Gasteiger charge is 2.45. The SMILES string of the molecule is Cc1ccc(C2(c3ccc(C)cc3)Cc3c([nH]c4ccc(F)cc34)C(=O)O2)cc1. The molecule has 1 N–H and O–H groups in total. The standard InChI is InChI=1S/C25H20FNO2/c1-15-3-7-17(8-4-15)25(18-9-5-16(2)6-10-18)14-21-20-13-19(26)11-12-22(20)27-23(21)24(28)29-25/h3-13,27H,14H2,1-2H3. The Hall–Kier alpha value is -3.40. The number of halogens is 1. The van der Waals surface area contributed by atoms with Crippen LogP contribution in [0.1, 0.15) is 38.3 Å². The Morgan fingerprint density at radius 1 is 0.897 bits per heavy atom. The second-order valence-electron chi connectivity index (χ2n) is 7.79. The van der Waals surface area contributed by atoms with Gasteiger partial charge in [0.2, 0.25) is 0 Å². The van der Waals surface area contributed by atoms with Crippen LogP contribution in [0.5, 0.6) is 0 Å². The fraction of sp³-hybridized carbons (Fsp3) is 0.160. The summed E-state index contributed by atoms with van der Waals surface area (Å²) in [5.41, 5.74) is 5.02. The minimum absolute atomic E-state index is 0.325. The van der Waals surface area contributed by atoms with Gasteiger partial charge in [-0.3, -0.25) is 0 Å². The average Bonchev–Trinajstić information content (AvgIpc) is 3.07. The van der Waals surface area contributed by atoms with Gasteiger partial charge in [0.1, 0.15) is 11.5 Å². The molecule has 0 radical (unpaired) electrons. The normalized spacial score (nSPS) is 15.2. The first-order valence-electron chi connectivity index (χ1n) is 9.64. The number of cyclic esters (lactones) is 1. The van der Waals surface area contributed by atoms with E-state index >= 15 is 0 Å². The van der Waals surface area contributed by atoms with Crippen LogP contribution in [0.25, 0.3) is 10.9 Å². The lowest BCUT2D eigenvalue weighted by molar-refractivity contribution is -0.00792. The van der Waals surface area contributed by atoms with E-state index in [-0.39, 0.29) is 5.82 Å². The number of fused-ring (bicyclic) bond motifs is 3. The second-order valence-corrected chi connectivity index (χ2v) is 7.79. The molecule has 0 atom stereocenters. The van der Waals surface area contributed by atoms with E-state index in [1.807, 2.05) is 62.4 Å². The Bertz CT molecular complexity index is 1190. The first-order chi connectivity index (χ1) is 14.0. The quantitative estimate of drug-likeness (QED) is 0.458. The predicted octanol–water partition coefficient (Wildman–Crippen LogP) is 5.58. The first-order valence-corrected chi connectivity index (χ1v) is 9.64. The molecule has 1 aromatic heterocycles. The van der Waals surface area contributed by atoms with Gasteiger partial charge in [-0.25, -0.2) is 9.18 Å². The van der Waals surface area contributed by atoms with Crippen molar-refractivity contribution in [2.45, 2.75) is 25.9 Å². The van der Waals surface area contributed by atoms with Crippen molar-refractivity contribution in [3.05, 3.63) is 106 Å². The van der Waals surface area contributed by atoms with Gasteiger partial charge in [0.15, 0.2) is 5.60 Å². The Balaban J connectivity index is 1.77. The van der Waals surface area contributed by atoms with Crippen LogP contribution >= 0.6 is 0 Å². The highest BCUT2D eigenvalue weighted by Crippen LogP contribution is 2.44. The van der Waals surface area contributed by atoms with Crippen molar-refractivity contribution >= 4 is 16.9 Å².